The average Bonchev–Trinajstić information content (AvgIpc) is 2.88. The molecule has 2 N–H and O–H groups in total. The van der Waals surface area contributed by atoms with Gasteiger partial charge >= 0.3 is 0 Å². The number of rotatable bonds is 7. The first-order chi connectivity index (χ1) is 9.11. The number of halogens is 1. The molecule has 0 aromatic rings. The minimum atomic E-state index is 0. The van der Waals surface area contributed by atoms with Crippen LogP contribution in [-0.2, 0) is 4.74 Å². The molecular formula is C15H32IN3O. The van der Waals surface area contributed by atoms with Crippen LogP contribution < -0.4 is 10.6 Å². The highest BCUT2D eigenvalue weighted by Crippen LogP contribution is 2.14. The van der Waals surface area contributed by atoms with Crippen molar-refractivity contribution in [2.45, 2.75) is 65.0 Å². The summed E-state index contributed by atoms with van der Waals surface area (Å²) in [7, 11) is 1.83. The van der Waals surface area contributed by atoms with Gasteiger partial charge in [0.05, 0.1) is 6.10 Å². The highest BCUT2D eigenvalue weighted by Gasteiger charge is 2.15. The van der Waals surface area contributed by atoms with Gasteiger partial charge < -0.3 is 15.4 Å². The van der Waals surface area contributed by atoms with E-state index in [4.69, 9.17) is 4.74 Å². The fourth-order valence-corrected chi connectivity index (χ4v) is 2.31. The molecule has 120 valence electrons. The molecule has 1 rings (SSSR count). The van der Waals surface area contributed by atoms with Crippen molar-refractivity contribution < 1.29 is 4.74 Å². The van der Waals surface area contributed by atoms with Crippen LogP contribution in [0.25, 0.3) is 0 Å². The van der Waals surface area contributed by atoms with Crippen molar-refractivity contribution in [1.29, 1.82) is 0 Å². The SMILES string of the molecule is CN=C(NCCC1CCCO1)NC(C)CCC(C)C.I. The molecule has 4 nitrogen and oxygen atoms in total. The van der Waals surface area contributed by atoms with E-state index in [2.05, 4.69) is 36.4 Å². The molecule has 0 saturated carbocycles. The van der Waals surface area contributed by atoms with Gasteiger partial charge in [-0.05, 0) is 44.9 Å². The maximum absolute atomic E-state index is 5.61. The van der Waals surface area contributed by atoms with Gasteiger partial charge in [0.15, 0.2) is 5.96 Å². The van der Waals surface area contributed by atoms with Crippen molar-refractivity contribution in [1.82, 2.24) is 10.6 Å². The quantitative estimate of drug-likeness (QED) is 0.394. The van der Waals surface area contributed by atoms with E-state index in [1.165, 1.54) is 25.7 Å². The highest BCUT2D eigenvalue weighted by molar-refractivity contribution is 14.0. The van der Waals surface area contributed by atoms with Gasteiger partial charge in [0.1, 0.15) is 0 Å². The Morgan fingerprint density at radius 1 is 1.30 bits per heavy atom. The van der Waals surface area contributed by atoms with Gasteiger partial charge in [-0.25, -0.2) is 0 Å². The lowest BCUT2D eigenvalue weighted by Crippen LogP contribution is -2.43. The molecule has 1 saturated heterocycles. The van der Waals surface area contributed by atoms with Crippen LogP contribution in [0.4, 0.5) is 0 Å². The van der Waals surface area contributed by atoms with E-state index < -0.39 is 0 Å². The maximum Gasteiger partial charge on any atom is 0.191 e. The molecule has 1 fully saturated rings. The van der Waals surface area contributed by atoms with Crippen LogP contribution in [-0.4, -0.2) is 38.3 Å². The zero-order chi connectivity index (χ0) is 14.1. The molecule has 0 aromatic heterocycles. The second-order valence-electron chi connectivity index (χ2n) is 5.94. The molecular weight excluding hydrogens is 365 g/mol. The second-order valence-corrected chi connectivity index (χ2v) is 5.94. The van der Waals surface area contributed by atoms with Crippen molar-refractivity contribution in [3.8, 4) is 0 Å². The molecule has 1 aliphatic rings. The average molecular weight is 397 g/mol. The Labute approximate surface area is 141 Å². The fraction of sp³-hybridized carbons (Fsp3) is 0.933. The van der Waals surface area contributed by atoms with Crippen molar-refractivity contribution in [3.05, 3.63) is 0 Å². The number of nitrogens with one attached hydrogen (secondary N) is 2. The van der Waals surface area contributed by atoms with Crippen LogP contribution in [0.5, 0.6) is 0 Å². The summed E-state index contributed by atoms with van der Waals surface area (Å²) in [5, 5.41) is 6.82. The lowest BCUT2D eigenvalue weighted by molar-refractivity contribution is 0.105. The van der Waals surface area contributed by atoms with Gasteiger partial charge in [-0.1, -0.05) is 13.8 Å². The number of hydrogen-bond donors (Lipinski definition) is 2. The predicted octanol–water partition coefficient (Wildman–Crippen LogP) is 3.16. The van der Waals surface area contributed by atoms with E-state index in [9.17, 15) is 0 Å². The summed E-state index contributed by atoms with van der Waals surface area (Å²) in [5.41, 5.74) is 0. The number of aliphatic imine (C=N–C) groups is 1. The van der Waals surface area contributed by atoms with Crippen molar-refractivity contribution in [2.75, 3.05) is 20.2 Å². The van der Waals surface area contributed by atoms with E-state index in [-0.39, 0.29) is 24.0 Å². The molecule has 1 heterocycles. The second kappa shape index (κ2) is 11.6. The van der Waals surface area contributed by atoms with Gasteiger partial charge in [0.2, 0.25) is 0 Å². The van der Waals surface area contributed by atoms with Gasteiger partial charge in [-0.3, -0.25) is 4.99 Å². The first-order valence-corrected chi connectivity index (χ1v) is 7.70. The summed E-state index contributed by atoms with van der Waals surface area (Å²) in [6, 6.07) is 0.469. The van der Waals surface area contributed by atoms with Crippen LogP contribution in [0.15, 0.2) is 4.99 Å². The molecule has 0 aliphatic carbocycles. The molecule has 0 amide bonds. The first-order valence-electron chi connectivity index (χ1n) is 7.70. The third-order valence-corrected chi connectivity index (χ3v) is 3.57. The van der Waals surface area contributed by atoms with Crippen LogP contribution >= 0.6 is 24.0 Å². The Kier molecular flexibility index (Phi) is 11.6. The van der Waals surface area contributed by atoms with Crippen LogP contribution in [0, 0.1) is 5.92 Å². The molecule has 2 unspecified atom stereocenters. The normalized spacial score (nSPS) is 20.6. The lowest BCUT2D eigenvalue weighted by Gasteiger charge is -2.19. The number of nitrogens with zero attached hydrogens (tertiary/aromatic N) is 1. The van der Waals surface area contributed by atoms with E-state index in [0.717, 1.165) is 31.4 Å². The van der Waals surface area contributed by atoms with Crippen LogP contribution in [0.2, 0.25) is 0 Å². The summed E-state index contributed by atoms with van der Waals surface area (Å²) in [4.78, 5) is 4.27. The van der Waals surface area contributed by atoms with E-state index in [1.54, 1.807) is 0 Å². The monoisotopic (exact) mass is 397 g/mol. The number of hydrogen-bond acceptors (Lipinski definition) is 2. The fourth-order valence-electron chi connectivity index (χ4n) is 2.31. The number of ether oxygens (including phenoxy) is 1. The first kappa shape index (κ1) is 20.0. The molecule has 20 heavy (non-hydrogen) atoms. The third-order valence-electron chi connectivity index (χ3n) is 3.57. The third kappa shape index (κ3) is 9.00. The predicted molar refractivity (Wildman–Crippen MR) is 97.0 cm³/mol. The minimum Gasteiger partial charge on any atom is -0.378 e. The Morgan fingerprint density at radius 3 is 2.60 bits per heavy atom. The molecule has 1 aliphatic heterocycles. The van der Waals surface area contributed by atoms with E-state index in [1.807, 2.05) is 7.05 Å². The van der Waals surface area contributed by atoms with Gasteiger partial charge in [0.25, 0.3) is 0 Å². The van der Waals surface area contributed by atoms with E-state index in [0.29, 0.717) is 12.1 Å². The molecule has 0 bridgehead atoms. The maximum atomic E-state index is 5.61. The van der Waals surface area contributed by atoms with Crippen LogP contribution in [0.1, 0.15) is 52.9 Å². The molecule has 0 aromatic carbocycles. The topological polar surface area (TPSA) is 45.7 Å². The molecule has 0 radical (unpaired) electrons. The summed E-state index contributed by atoms with van der Waals surface area (Å²) < 4.78 is 5.61. The lowest BCUT2D eigenvalue weighted by atomic mass is 10.0. The highest BCUT2D eigenvalue weighted by atomic mass is 127. The van der Waals surface area contributed by atoms with Gasteiger partial charge in [0, 0.05) is 26.2 Å². The summed E-state index contributed by atoms with van der Waals surface area (Å²) in [5.74, 6) is 1.67. The molecule has 0 spiro atoms. The molecule has 5 heteroatoms. The zero-order valence-corrected chi connectivity index (χ0v) is 15.8. The Bertz CT molecular complexity index is 266. The zero-order valence-electron chi connectivity index (χ0n) is 13.4. The van der Waals surface area contributed by atoms with Crippen molar-refractivity contribution >= 4 is 29.9 Å². The van der Waals surface area contributed by atoms with Gasteiger partial charge in [-0.2, -0.15) is 0 Å². The number of guanidine groups is 1. The smallest absolute Gasteiger partial charge is 0.191 e. The van der Waals surface area contributed by atoms with Gasteiger partial charge in [-0.15, -0.1) is 24.0 Å². The van der Waals surface area contributed by atoms with Crippen LogP contribution in [0.3, 0.4) is 0 Å². The summed E-state index contributed by atoms with van der Waals surface area (Å²) in [6.45, 7) is 8.61. The largest absolute Gasteiger partial charge is 0.378 e. The summed E-state index contributed by atoms with van der Waals surface area (Å²) >= 11 is 0. The Balaban J connectivity index is 0.00000361. The standard InChI is InChI=1S/C15H31N3O.HI/c1-12(2)7-8-13(3)18-15(16-4)17-10-9-14-6-5-11-19-14;/h12-14H,5-11H2,1-4H3,(H2,16,17,18);1H. The van der Waals surface area contributed by atoms with E-state index >= 15 is 0 Å². The summed E-state index contributed by atoms with van der Waals surface area (Å²) in [6.07, 6.45) is 6.37. The van der Waals surface area contributed by atoms with Crippen molar-refractivity contribution in [3.63, 3.8) is 0 Å². The Morgan fingerprint density at radius 2 is 2.05 bits per heavy atom. The Hall–Kier alpha value is -0.0400. The molecule has 2 atom stereocenters. The minimum absolute atomic E-state index is 0. The van der Waals surface area contributed by atoms with Crippen molar-refractivity contribution in [2.24, 2.45) is 10.9 Å².